The minimum atomic E-state index is 0.635. The molecule has 4 heterocycles. The summed E-state index contributed by atoms with van der Waals surface area (Å²) in [5.74, 6) is 1.42. The van der Waals surface area contributed by atoms with Crippen molar-refractivity contribution in [2.24, 2.45) is 5.92 Å². The van der Waals surface area contributed by atoms with Gasteiger partial charge in [-0.05, 0) is 92.8 Å². The van der Waals surface area contributed by atoms with E-state index >= 15 is 0 Å². The highest BCUT2D eigenvalue weighted by atomic mass is 15.1. The van der Waals surface area contributed by atoms with E-state index in [1.54, 1.807) is 0 Å². The Kier molecular flexibility index (Phi) is 7.72. The molecule has 0 aliphatic carbocycles. The minimum Gasteiger partial charge on any atom is -0.324 e. The number of piperidine rings is 1. The fraction of sp³-hybridized carbons (Fsp3) is 0.448. The quantitative estimate of drug-likeness (QED) is 0.538. The highest BCUT2D eigenvalue weighted by molar-refractivity contribution is 5.63. The number of nitrogens with one attached hydrogen (secondary N) is 2. The molecule has 0 unspecified atom stereocenters. The molecular weight excluding hydrogens is 432 g/mol. The van der Waals surface area contributed by atoms with E-state index in [9.17, 15) is 0 Å². The topological polar surface area (TPSA) is 56.3 Å². The normalized spacial score (nSPS) is 21.7. The van der Waals surface area contributed by atoms with E-state index in [-0.39, 0.29) is 0 Å². The number of hydrogen-bond donors (Lipinski definition) is 2. The maximum Gasteiger partial charge on any atom is 0.227 e. The van der Waals surface area contributed by atoms with Gasteiger partial charge in [0.1, 0.15) is 0 Å². The van der Waals surface area contributed by atoms with Crippen molar-refractivity contribution in [3.8, 4) is 11.3 Å². The molecule has 3 aliphatic heterocycles. The summed E-state index contributed by atoms with van der Waals surface area (Å²) in [4.78, 5) is 14.4. The van der Waals surface area contributed by atoms with Crippen molar-refractivity contribution in [1.29, 1.82) is 0 Å². The number of likely N-dealkylation sites (N-methyl/N-ethyl adjacent to an activating group) is 1. The summed E-state index contributed by atoms with van der Waals surface area (Å²) in [6.45, 7) is 9.72. The van der Waals surface area contributed by atoms with Gasteiger partial charge in [0.25, 0.3) is 0 Å². The van der Waals surface area contributed by atoms with E-state index in [2.05, 4.69) is 81.9 Å². The van der Waals surface area contributed by atoms with E-state index < -0.39 is 0 Å². The molecule has 6 heteroatoms. The Balaban J connectivity index is 1.44. The average molecular weight is 471 g/mol. The molecule has 0 atom stereocenters. The lowest BCUT2D eigenvalue weighted by Crippen LogP contribution is -2.38. The molecule has 184 valence electrons. The Morgan fingerprint density at radius 1 is 1.00 bits per heavy atom. The van der Waals surface area contributed by atoms with Crippen molar-refractivity contribution in [1.82, 2.24) is 25.1 Å². The molecule has 1 fully saturated rings. The lowest BCUT2D eigenvalue weighted by atomic mass is 9.96. The number of fused-ring (bicyclic) bond motifs is 7. The van der Waals surface area contributed by atoms with Gasteiger partial charge in [0.15, 0.2) is 0 Å². The zero-order chi connectivity index (χ0) is 24.0. The smallest absolute Gasteiger partial charge is 0.227 e. The van der Waals surface area contributed by atoms with Crippen LogP contribution in [0.2, 0.25) is 0 Å². The third-order valence-electron chi connectivity index (χ3n) is 7.38. The number of benzene rings is 2. The van der Waals surface area contributed by atoms with Crippen LogP contribution < -0.4 is 10.6 Å². The van der Waals surface area contributed by atoms with Gasteiger partial charge < -0.3 is 15.5 Å². The molecule has 3 aliphatic rings. The van der Waals surface area contributed by atoms with E-state index in [0.717, 1.165) is 62.0 Å². The average Bonchev–Trinajstić information content (AvgIpc) is 2.87. The van der Waals surface area contributed by atoms with Gasteiger partial charge in [-0.15, -0.1) is 0 Å². The maximum atomic E-state index is 4.86. The molecule has 6 nitrogen and oxygen atoms in total. The first-order valence-electron chi connectivity index (χ1n) is 13.1. The minimum absolute atomic E-state index is 0.635. The molecule has 2 aromatic carbocycles. The van der Waals surface area contributed by atoms with Crippen LogP contribution in [0, 0.1) is 5.92 Å². The Labute approximate surface area is 209 Å². The van der Waals surface area contributed by atoms with Crippen LogP contribution in [0.3, 0.4) is 0 Å². The summed E-state index contributed by atoms with van der Waals surface area (Å²) < 4.78 is 0. The predicted octanol–water partition coefficient (Wildman–Crippen LogP) is 4.70. The second kappa shape index (κ2) is 11.3. The van der Waals surface area contributed by atoms with Crippen LogP contribution in [0.5, 0.6) is 0 Å². The third kappa shape index (κ3) is 6.26. The molecule has 0 amide bonds. The molecule has 35 heavy (non-hydrogen) atoms. The van der Waals surface area contributed by atoms with Crippen LogP contribution >= 0.6 is 0 Å². The Morgan fingerprint density at radius 2 is 1.89 bits per heavy atom. The van der Waals surface area contributed by atoms with Crippen molar-refractivity contribution in [3.63, 3.8) is 0 Å². The zero-order valence-electron chi connectivity index (χ0n) is 21.1. The Hall–Kier alpha value is -2.80. The number of nitrogens with zero attached hydrogens (tertiary/aromatic N) is 4. The van der Waals surface area contributed by atoms with Crippen molar-refractivity contribution in [2.75, 3.05) is 45.1 Å². The first-order valence-corrected chi connectivity index (χ1v) is 13.1. The van der Waals surface area contributed by atoms with Crippen LogP contribution in [0.4, 0.5) is 11.6 Å². The third-order valence-corrected chi connectivity index (χ3v) is 7.38. The van der Waals surface area contributed by atoms with Gasteiger partial charge in [-0.1, -0.05) is 31.2 Å². The van der Waals surface area contributed by atoms with Crippen LogP contribution in [0.25, 0.3) is 11.3 Å². The summed E-state index contributed by atoms with van der Waals surface area (Å²) in [5, 5.41) is 7.17. The maximum absolute atomic E-state index is 4.86. The largest absolute Gasteiger partial charge is 0.324 e. The molecule has 1 aromatic heterocycles. The van der Waals surface area contributed by atoms with Crippen LogP contribution in [-0.2, 0) is 19.5 Å². The Morgan fingerprint density at radius 3 is 2.74 bits per heavy atom. The van der Waals surface area contributed by atoms with Gasteiger partial charge in [-0.3, -0.25) is 4.90 Å². The van der Waals surface area contributed by atoms with Crippen molar-refractivity contribution in [2.45, 2.75) is 39.3 Å². The molecule has 0 radical (unpaired) electrons. The number of hydrogen-bond acceptors (Lipinski definition) is 6. The monoisotopic (exact) mass is 470 g/mol. The van der Waals surface area contributed by atoms with Gasteiger partial charge in [-0.2, -0.15) is 0 Å². The highest BCUT2D eigenvalue weighted by Crippen LogP contribution is 2.25. The highest BCUT2D eigenvalue weighted by Gasteiger charge is 2.19. The summed E-state index contributed by atoms with van der Waals surface area (Å²) in [6.07, 6.45) is 5.43. The number of aryl methyl sites for hydroxylation is 1. The van der Waals surface area contributed by atoms with Crippen molar-refractivity contribution in [3.05, 3.63) is 71.4 Å². The van der Waals surface area contributed by atoms with E-state index in [1.807, 2.05) is 12.3 Å². The Bertz CT molecular complexity index is 1120. The molecule has 1 saturated heterocycles. The van der Waals surface area contributed by atoms with Crippen molar-refractivity contribution >= 4 is 11.6 Å². The standard InChI is InChI=1S/C29H38N6/c1-3-24-7-8-25-18-26(24)21-34(2)16-13-30-19-22-10-14-35(15-11-22)20-23-5-4-6-27(17-23)32-29-31-12-9-28(25)33-29/h4-9,12,17-18,22,30H,3,10-11,13-16,19-21H2,1-2H3,(H,31,32,33). The molecular formula is C29H38N6. The van der Waals surface area contributed by atoms with Crippen LogP contribution in [-0.4, -0.2) is 59.5 Å². The SMILES string of the molecule is CCc1ccc2cc1CN(C)CCNCC1CCN(CC1)Cc1cccc(c1)Nc1nccc-2n1. The molecule has 0 spiro atoms. The van der Waals surface area contributed by atoms with Crippen LogP contribution in [0.1, 0.15) is 36.5 Å². The first kappa shape index (κ1) is 23.9. The predicted molar refractivity (Wildman–Crippen MR) is 144 cm³/mol. The van der Waals surface area contributed by atoms with E-state index in [1.165, 1.54) is 42.6 Å². The molecule has 0 saturated carbocycles. The zero-order valence-corrected chi connectivity index (χ0v) is 21.1. The summed E-state index contributed by atoms with van der Waals surface area (Å²) in [6, 6.07) is 17.4. The summed E-state index contributed by atoms with van der Waals surface area (Å²) in [7, 11) is 2.22. The number of rotatable bonds is 1. The molecule has 2 N–H and O–H groups in total. The lowest BCUT2D eigenvalue weighted by Gasteiger charge is -2.32. The second-order valence-corrected chi connectivity index (χ2v) is 10.1. The number of anilines is 2. The fourth-order valence-electron chi connectivity index (χ4n) is 5.29. The summed E-state index contributed by atoms with van der Waals surface area (Å²) >= 11 is 0. The van der Waals surface area contributed by atoms with Crippen LogP contribution in [0.15, 0.2) is 54.7 Å². The van der Waals surface area contributed by atoms with Gasteiger partial charge in [0.05, 0.1) is 5.69 Å². The van der Waals surface area contributed by atoms with E-state index in [0.29, 0.717) is 5.95 Å². The molecule has 8 bridgehead atoms. The fourth-order valence-corrected chi connectivity index (χ4v) is 5.29. The van der Waals surface area contributed by atoms with Gasteiger partial charge in [0, 0.05) is 43.6 Å². The van der Waals surface area contributed by atoms with Gasteiger partial charge in [0.2, 0.25) is 5.95 Å². The van der Waals surface area contributed by atoms with E-state index in [4.69, 9.17) is 4.98 Å². The summed E-state index contributed by atoms with van der Waals surface area (Å²) in [5.41, 5.74) is 7.23. The van der Waals surface area contributed by atoms with Crippen molar-refractivity contribution < 1.29 is 0 Å². The molecule has 3 aromatic rings. The number of aromatic nitrogens is 2. The lowest BCUT2D eigenvalue weighted by molar-refractivity contribution is 0.174. The van der Waals surface area contributed by atoms with Gasteiger partial charge in [-0.25, -0.2) is 9.97 Å². The molecule has 6 rings (SSSR count). The first-order chi connectivity index (χ1) is 17.2. The van der Waals surface area contributed by atoms with Gasteiger partial charge >= 0.3 is 0 Å². The second-order valence-electron chi connectivity index (χ2n) is 10.1.